The fraction of sp³-hybridized carbons (Fsp3) is 0.500. The quantitative estimate of drug-likeness (QED) is 0.340. The minimum Gasteiger partial charge on any atom is -0.481 e. The largest absolute Gasteiger partial charge is 0.481 e. The molecular formula is C4H8O7. The predicted molar refractivity (Wildman–Crippen MR) is 30.7 cm³/mol. The molecule has 0 saturated carbocycles. The number of carboxylic acids is 2. The van der Waals surface area contributed by atoms with Crippen molar-refractivity contribution in [3.63, 3.8) is 0 Å². The van der Waals surface area contributed by atoms with Crippen LogP contribution < -0.4 is 0 Å². The molecular weight excluding hydrogens is 160 g/mol. The van der Waals surface area contributed by atoms with Gasteiger partial charge >= 0.3 is 11.9 Å². The van der Waals surface area contributed by atoms with Gasteiger partial charge in [0.05, 0.1) is 0 Å². The van der Waals surface area contributed by atoms with E-state index in [-0.39, 0.29) is 5.48 Å². The Hall–Kier alpha value is -1.18. The summed E-state index contributed by atoms with van der Waals surface area (Å²) in [6.07, 6.45) is -1.23. The zero-order valence-electron chi connectivity index (χ0n) is 5.31. The van der Waals surface area contributed by atoms with Gasteiger partial charge in [-0.05, 0) is 0 Å². The van der Waals surface area contributed by atoms with Crippen molar-refractivity contribution in [1.82, 2.24) is 0 Å². The molecule has 6 N–H and O–H groups in total. The van der Waals surface area contributed by atoms with Gasteiger partial charge in [0.2, 0.25) is 0 Å². The lowest BCUT2D eigenvalue weighted by Gasteiger charge is -2.12. The van der Waals surface area contributed by atoms with Crippen molar-refractivity contribution in [3.05, 3.63) is 0 Å². The van der Waals surface area contributed by atoms with Crippen LogP contribution in [0.2, 0.25) is 0 Å². The van der Waals surface area contributed by atoms with E-state index in [1.54, 1.807) is 0 Å². The third-order valence-corrected chi connectivity index (χ3v) is 0.740. The van der Waals surface area contributed by atoms with Crippen molar-refractivity contribution < 1.29 is 35.5 Å². The molecule has 0 unspecified atom stereocenters. The van der Waals surface area contributed by atoms with Crippen molar-refractivity contribution >= 4 is 11.9 Å². The average Bonchev–Trinajstić information content (AvgIpc) is 1.60. The van der Waals surface area contributed by atoms with Gasteiger partial charge in [0, 0.05) is 0 Å². The minimum absolute atomic E-state index is 0. The Morgan fingerprint density at radius 2 is 1.55 bits per heavy atom. The molecule has 0 spiro atoms. The van der Waals surface area contributed by atoms with Crippen molar-refractivity contribution in [2.45, 2.75) is 12.2 Å². The van der Waals surface area contributed by atoms with Gasteiger partial charge in [0.1, 0.15) is 6.42 Å². The summed E-state index contributed by atoms with van der Waals surface area (Å²) in [5, 5.41) is 32.5. The van der Waals surface area contributed by atoms with Gasteiger partial charge in [-0.15, -0.1) is 0 Å². The second-order valence-electron chi connectivity index (χ2n) is 1.69. The highest BCUT2D eigenvalue weighted by molar-refractivity contribution is 5.81. The summed E-state index contributed by atoms with van der Waals surface area (Å²) in [5.74, 6) is -6.73. The van der Waals surface area contributed by atoms with Crippen LogP contribution in [-0.2, 0) is 9.59 Å². The van der Waals surface area contributed by atoms with Crippen LogP contribution in [0.1, 0.15) is 6.42 Å². The van der Waals surface area contributed by atoms with E-state index in [1.165, 1.54) is 0 Å². The van der Waals surface area contributed by atoms with Crippen LogP contribution >= 0.6 is 0 Å². The number of carbonyl (C=O) groups is 2. The smallest absolute Gasteiger partial charge is 0.364 e. The lowest BCUT2D eigenvalue weighted by molar-refractivity contribution is -0.208. The molecule has 0 aromatic carbocycles. The molecule has 0 bridgehead atoms. The molecule has 0 aromatic heterocycles. The Labute approximate surface area is 60.8 Å². The van der Waals surface area contributed by atoms with Crippen molar-refractivity contribution in [3.8, 4) is 0 Å². The molecule has 11 heavy (non-hydrogen) atoms. The monoisotopic (exact) mass is 168 g/mol. The summed E-state index contributed by atoms with van der Waals surface area (Å²) in [6, 6.07) is 0. The van der Waals surface area contributed by atoms with E-state index in [0.29, 0.717) is 0 Å². The van der Waals surface area contributed by atoms with Gasteiger partial charge in [-0.1, -0.05) is 0 Å². The third-order valence-electron chi connectivity index (χ3n) is 0.740. The maximum absolute atomic E-state index is 9.79. The fourth-order valence-corrected chi connectivity index (χ4v) is 0.286. The molecule has 0 radical (unpaired) electrons. The average molecular weight is 168 g/mol. The van der Waals surface area contributed by atoms with Gasteiger partial charge in [-0.25, -0.2) is 4.79 Å². The SMILES string of the molecule is O.O=C(O)CC(O)(O)C(=O)O. The Balaban J connectivity index is 0. The Morgan fingerprint density at radius 3 is 1.64 bits per heavy atom. The van der Waals surface area contributed by atoms with E-state index in [4.69, 9.17) is 20.4 Å². The van der Waals surface area contributed by atoms with Crippen molar-refractivity contribution in [1.29, 1.82) is 0 Å². The first-order valence-corrected chi connectivity index (χ1v) is 2.26. The van der Waals surface area contributed by atoms with Crippen LogP contribution in [-0.4, -0.2) is 43.6 Å². The van der Waals surface area contributed by atoms with Crippen LogP contribution in [0.3, 0.4) is 0 Å². The third kappa shape index (κ3) is 4.25. The molecule has 7 heteroatoms. The van der Waals surface area contributed by atoms with Crippen molar-refractivity contribution in [2.75, 3.05) is 0 Å². The maximum atomic E-state index is 9.79. The van der Waals surface area contributed by atoms with E-state index in [9.17, 15) is 9.59 Å². The highest BCUT2D eigenvalue weighted by Gasteiger charge is 2.35. The topological polar surface area (TPSA) is 147 Å². The standard InChI is InChI=1S/C4H6O6.H2O/c5-2(6)1-4(9,10)3(7)8;/h9-10H,1H2,(H,5,6)(H,7,8);1H2. The summed E-state index contributed by atoms with van der Waals surface area (Å²) < 4.78 is 0. The zero-order valence-corrected chi connectivity index (χ0v) is 5.31. The molecule has 0 aliphatic carbocycles. The molecule has 0 atom stereocenters. The number of hydrogen-bond acceptors (Lipinski definition) is 4. The Bertz CT molecular complexity index is 160. The van der Waals surface area contributed by atoms with Crippen LogP contribution in [0.25, 0.3) is 0 Å². The molecule has 7 nitrogen and oxygen atoms in total. The fourth-order valence-electron chi connectivity index (χ4n) is 0.286. The molecule has 0 aliphatic heterocycles. The first-order valence-electron chi connectivity index (χ1n) is 2.26. The predicted octanol–water partition coefficient (Wildman–Crippen LogP) is -2.60. The number of aliphatic carboxylic acids is 2. The van der Waals surface area contributed by atoms with Crippen LogP contribution in [0, 0.1) is 0 Å². The molecule has 0 saturated heterocycles. The number of hydrogen-bond donors (Lipinski definition) is 4. The van der Waals surface area contributed by atoms with Gasteiger partial charge in [0.15, 0.2) is 0 Å². The lowest BCUT2D eigenvalue weighted by Crippen LogP contribution is -2.40. The highest BCUT2D eigenvalue weighted by Crippen LogP contribution is 2.04. The molecule has 0 fully saturated rings. The van der Waals surface area contributed by atoms with Gasteiger partial charge in [-0.3, -0.25) is 4.79 Å². The Kier molecular flexibility index (Phi) is 4.38. The summed E-state index contributed by atoms with van der Waals surface area (Å²) in [6.45, 7) is 0. The number of carboxylic acid groups (broad SMARTS) is 2. The van der Waals surface area contributed by atoms with E-state index >= 15 is 0 Å². The molecule has 0 rings (SSSR count). The molecule has 0 amide bonds. The van der Waals surface area contributed by atoms with E-state index in [0.717, 1.165) is 0 Å². The van der Waals surface area contributed by atoms with E-state index < -0.39 is 24.1 Å². The minimum atomic E-state index is -3.16. The summed E-state index contributed by atoms with van der Waals surface area (Å²) in [5.41, 5.74) is 0. The second-order valence-corrected chi connectivity index (χ2v) is 1.69. The lowest BCUT2D eigenvalue weighted by atomic mass is 10.2. The molecule has 0 aromatic rings. The summed E-state index contributed by atoms with van der Waals surface area (Å²) in [4.78, 5) is 19.5. The number of rotatable bonds is 3. The summed E-state index contributed by atoms with van der Waals surface area (Å²) in [7, 11) is 0. The molecule has 0 heterocycles. The highest BCUT2D eigenvalue weighted by atomic mass is 16.5. The maximum Gasteiger partial charge on any atom is 0.364 e. The molecule has 0 aliphatic rings. The van der Waals surface area contributed by atoms with Crippen LogP contribution in [0.5, 0.6) is 0 Å². The summed E-state index contributed by atoms with van der Waals surface area (Å²) >= 11 is 0. The first-order chi connectivity index (χ1) is 4.36. The zero-order chi connectivity index (χ0) is 8.36. The van der Waals surface area contributed by atoms with Gasteiger partial charge in [-0.2, -0.15) is 0 Å². The molecule has 66 valence electrons. The van der Waals surface area contributed by atoms with Gasteiger partial charge < -0.3 is 25.9 Å². The van der Waals surface area contributed by atoms with Crippen LogP contribution in [0.4, 0.5) is 0 Å². The van der Waals surface area contributed by atoms with E-state index in [1.807, 2.05) is 0 Å². The van der Waals surface area contributed by atoms with E-state index in [2.05, 4.69) is 0 Å². The van der Waals surface area contributed by atoms with Crippen molar-refractivity contribution in [2.24, 2.45) is 0 Å². The first kappa shape index (κ1) is 12.5. The number of aliphatic hydroxyl groups is 2. The normalized spacial score (nSPS) is 10.0. The van der Waals surface area contributed by atoms with Crippen LogP contribution in [0.15, 0.2) is 0 Å². The Morgan fingerprint density at radius 1 is 1.18 bits per heavy atom. The van der Waals surface area contributed by atoms with Gasteiger partial charge in [0.25, 0.3) is 5.79 Å². The second kappa shape index (κ2) is 3.86.